The van der Waals surface area contributed by atoms with Crippen LogP contribution >= 0.6 is 0 Å². The largest absolute Gasteiger partial charge is 0.497 e. The molecule has 17 heavy (non-hydrogen) atoms. The second kappa shape index (κ2) is 7.92. The number of ether oxygens (including phenoxy) is 2. The SMILES string of the molecule is COc1ccc(OCCCNCC(C)O)cc1. The highest BCUT2D eigenvalue weighted by molar-refractivity contribution is 5.31. The van der Waals surface area contributed by atoms with Crippen LogP contribution in [0.2, 0.25) is 0 Å². The molecule has 0 aliphatic heterocycles. The summed E-state index contributed by atoms with van der Waals surface area (Å²) in [5.41, 5.74) is 0. The molecule has 0 fully saturated rings. The maximum Gasteiger partial charge on any atom is 0.119 e. The van der Waals surface area contributed by atoms with Gasteiger partial charge in [0.1, 0.15) is 11.5 Å². The van der Waals surface area contributed by atoms with E-state index in [1.165, 1.54) is 0 Å². The van der Waals surface area contributed by atoms with Crippen molar-refractivity contribution >= 4 is 0 Å². The van der Waals surface area contributed by atoms with Gasteiger partial charge in [0.15, 0.2) is 0 Å². The molecule has 1 aromatic rings. The first-order valence-corrected chi connectivity index (χ1v) is 5.88. The lowest BCUT2D eigenvalue weighted by Gasteiger charge is -2.08. The van der Waals surface area contributed by atoms with Crippen molar-refractivity contribution in [3.8, 4) is 11.5 Å². The van der Waals surface area contributed by atoms with E-state index in [0.29, 0.717) is 13.2 Å². The van der Waals surface area contributed by atoms with Crippen LogP contribution in [0.5, 0.6) is 11.5 Å². The molecule has 96 valence electrons. The molecular formula is C13H21NO3. The summed E-state index contributed by atoms with van der Waals surface area (Å²) in [6.45, 7) is 3.91. The first-order valence-electron chi connectivity index (χ1n) is 5.88. The molecular weight excluding hydrogens is 218 g/mol. The van der Waals surface area contributed by atoms with E-state index in [9.17, 15) is 0 Å². The maximum atomic E-state index is 9.03. The summed E-state index contributed by atoms with van der Waals surface area (Å²) in [4.78, 5) is 0. The van der Waals surface area contributed by atoms with Crippen molar-refractivity contribution in [3.05, 3.63) is 24.3 Å². The predicted octanol–water partition coefficient (Wildman–Crippen LogP) is 1.43. The molecule has 0 saturated carbocycles. The van der Waals surface area contributed by atoms with Crippen LogP contribution in [0.4, 0.5) is 0 Å². The van der Waals surface area contributed by atoms with E-state index in [0.717, 1.165) is 24.5 Å². The van der Waals surface area contributed by atoms with Crippen molar-refractivity contribution in [1.29, 1.82) is 0 Å². The van der Waals surface area contributed by atoms with Gasteiger partial charge in [0.25, 0.3) is 0 Å². The fourth-order valence-corrected chi connectivity index (χ4v) is 1.37. The Balaban J connectivity index is 2.09. The van der Waals surface area contributed by atoms with Crippen molar-refractivity contribution in [3.63, 3.8) is 0 Å². The topological polar surface area (TPSA) is 50.7 Å². The summed E-state index contributed by atoms with van der Waals surface area (Å²) < 4.78 is 10.6. The first-order chi connectivity index (χ1) is 8.22. The zero-order chi connectivity index (χ0) is 12.5. The van der Waals surface area contributed by atoms with E-state index in [1.807, 2.05) is 24.3 Å². The second-order valence-corrected chi connectivity index (χ2v) is 3.93. The van der Waals surface area contributed by atoms with Gasteiger partial charge in [0.05, 0.1) is 19.8 Å². The van der Waals surface area contributed by atoms with Crippen LogP contribution in [-0.2, 0) is 0 Å². The molecule has 1 aromatic carbocycles. The molecule has 0 aliphatic carbocycles. The monoisotopic (exact) mass is 239 g/mol. The van der Waals surface area contributed by atoms with E-state index in [4.69, 9.17) is 14.6 Å². The fraction of sp³-hybridized carbons (Fsp3) is 0.538. The lowest BCUT2D eigenvalue weighted by Crippen LogP contribution is -2.26. The number of hydrogen-bond acceptors (Lipinski definition) is 4. The molecule has 0 aromatic heterocycles. The highest BCUT2D eigenvalue weighted by Crippen LogP contribution is 2.16. The Bertz CT molecular complexity index is 298. The van der Waals surface area contributed by atoms with Crippen LogP contribution in [0.1, 0.15) is 13.3 Å². The minimum Gasteiger partial charge on any atom is -0.497 e. The van der Waals surface area contributed by atoms with E-state index in [1.54, 1.807) is 14.0 Å². The molecule has 0 heterocycles. The summed E-state index contributed by atoms with van der Waals surface area (Å²) in [5, 5.41) is 12.2. The van der Waals surface area contributed by atoms with Gasteiger partial charge in [-0.25, -0.2) is 0 Å². The van der Waals surface area contributed by atoms with Crippen LogP contribution in [-0.4, -0.2) is 38.0 Å². The lowest BCUT2D eigenvalue weighted by atomic mass is 10.3. The quantitative estimate of drug-likeness (QED) is 0.674. The van der Waals surface area contributed by atoms with Crippen molar-refractivity contribution in [2.24, 2.45) is 0 Å². The Hall–Kier alpha value is -1.26. The van der Waals surface area contributed by atoms with Crippen LogP contribution in [0.25, 0.3) is 0 Å². The van der Waals surface area contributed by atoms with Crippen LogP contribution in [0.15, 0.2) is 24.3 Å². The summed E-state index contributed by atoms with van der Waals surface area (Å²) in [6.07, 6.45) is 0.621. The number of hydrogen-bond donors (Lipinski definition) is 2. The zero-order valence-corrected chi connectivity index (χ0v) is 10.5. The van der Waals surface area contributed by atoms with E-state index in [-0.39, 0.29) is 6.10 Å². The molecule has 2 N–H and O–H groups in total. The molecule has 0 amide bonds. The second-order valence-electron chi connectivity index (χ2n) is 3.93. The molecule has 1 unspecified atom stereocenters. The van der Waals surface area contributed by atoms with Gasteiger partial charge in [-0.3, -0.25) is 0 Å². The zero-order valence-electron chi connectivity index (χ0n) is 10.5. The summed E-state index contributed by atoms with van der Waals surface area (Å²) in [7, 11) is 1.64. The molecule has 1 rings (SSSR count). The molecule has 0 bridgehead atoms. The molecule has 0 spiro atoms. The Labute approximate surface area is 103 Å². The van der Waals surface area contributed by atoms with Gasteiger partial charge < -0.3 is 19.9 Å². The van der Waals surface area contributed by atoms with Gasteiger partial charge in [-0.15, -0.1) is 0 Å². The van der Waals surface area contributed by atoms with E-state index >= 15 is 0 Å². The molecule has 4 nitrogen and oxygen atoms in total. The predicted molar refractivity (Wildman–Crippen MR) is 67.7 cm³/mol. The molecule has 0 aliphatic rings. The van der Waals surface area contributed by atoms with Gasteiger partial charge in [0, 0.05) is 6.54 Å². The minimum atomic E-state index is -0.294. The summed E-state index contributed by atoms with van der Waals surface area (Å²) in [6, 6.07) is 7.53. The average Bonchev–Trinajstić information content (AvgIpc) is 2.34. The van der Waals surface area contributed by atoms with Gasteiger partial charge in [-0.05, 0) is 44.2 Å². The maximum absolute atomic E-state index is 9.03. The third-order valence-corrected chi connectivity index (χ3v) is 2.27. The third-order valence-electron chi connectivity index (χ3n) is 2.27. The smallest absolute Gasteiger partial charge is 0.119 e. The Kier molecular flexibility index (Phi) is 6.43. The summed E-state index contributed by atoms with van der Waals surface area (Å²) in [5.74, 6) is 1.68. The van der Waals surface area contributed by atoms with Gasteiger partial charge >= 0.3 is 0 Å². The fourth-order valence-electron chi connectivity index (χ4n) is 1.37. The molecule has 0 radical (unpaired) electrons. The van der Waals surface area contributed by atoms with Crippen molar-refractivity contribution in [2.75, 3.05) is 26.8 Å². The standard InChI is InChI=1S/C13H21NO3/c1-11(15)10-14-8-3-9-17-13-6-4-12(16-2)5-7-13/h4-7,11,14-15H,3,8-10H2,1-2H3. The molecule has 1 atom stereocenters. The number of benzene rings is 1. The first kappa shape index (κ1) is 13.8. The average molecular weight is 239 g/mol. The third kappa shape index (κ3) is 6.14. The highest BCUT2D eigenvalue weighted by atomic mass is 16.5. The Morgan fingerprint density at radius 3 is 2.47 bits per heavy atom. The van der Waals surface area contributed by atoms with Crippen molar-refractivity contribution in [2.45, 2.75) is 19.4 Å². The Morgan fingerprint density at radius 2 is 1.88 bits per heavy atom. The number of rotatable bonds is 8. The van der Waals surface area contributed by atoms with Gasteiger partial charge in [-0.1, -0.05) is 0 Å². The molecule has 0 saturated heterocycles. The lowest BCUT2D eigenvalue weighted by molar-refractivity contribution is 0.190. The minimum absolute atomic E-state index is 0.294. The van der Waals surface area contributed by atoms with Crippen molar-refractivity contribution < 1.29 is 14.6 Å². The molecule has 4 heteroatoms. The number of aliphatic hydroxyl groups is 1. The normalized spacial score (nSPS) is 12.2. The van der Waals surface area contributed by atoms with Crippen LogP contribution in [0.3, 0.4) is 0 Å². The van der Waals surface area contributed by atoms with Gasteiger partial charge in [-0.2, -0.15) is 0 Å². The van der Waals surface area contributed by atoms with Crippen molar-refractivity contribution in [1.82, 2.24) is 5.32 Å². The van der Waals surface area contributed by atoms with E-state index in [2.05, 4.69) is 5.32 Å². The number of nitrogens with one attached hydrogen (secondary N) is 1. The summed E-state index contributed by atoms with van der Waals surface area (Å²) >= 11 is 0. The number of aliphatic hydroxyl groups excluding tert-OH is 1. The van der Waals surface area contributed by atoms with E-state index < -0.39 is 0 Å². The van der Waals surface area contributed by atoms with Gasteiger partial charge in [0.2, 0.25) is 0 Å². The number of methoxy groups -OCH3 is 1. The highest BCUT2D eigenvalue weighted by Gasteiger charge is 1.96. The van der Waals surface area contributed by atoms with Crippen LogP contribution in [0, 0.1) is 0 Å². The Morgan fingerprint density at radius 1 is 1.24 bits per heavy atom. The van der Waals surface area contributed by atoms with Crippen LogP contribution < -0.4 is 14.8 Å².